The van der Waals surface area contributed by atoms with Gasteiger partial charge in [0.05, 0.1) is 0 Å². The lowest BCUT2D eigenvalue weighted by atomic mass is 10.2. The van der Waals surface area contributed by atoms with Gasteiger partial charge in [0.15, 0.2) is 11.5 Å². The molecule has 24 heavy (non-hydrogen) atoms. The van der Waals surface area contributed by atoms with Gasteiger partial charge in [-0.3, -0.25) is 0 Å². The maximum Gasteiger partial charge on any atom is 0.277 e. The number of thioether (sulfide) groups is 1. The first kappa shape index (κ1) is 15.0. The largest absolute Gasteiger partial charge is 0.485 e. The molecule has 4 rings (SSSR count). The molecule has 7 heteroatoms. The molecule has 2 heterocycles. The number of ether oxygens (including phenoxy) is 2. The normalized spacial score (nSPS) is 16.1. The SMILES string of the molecule is Fc1cccc(CSc2nnc(C3COc4ccccc4O3)o2)c1. The molecule has 0 N–H and O–H groups in total. The van der Waals surface area contributed by atoms with Crippen LogP contribution >= 0.6 is 11.8 Å². The Morgan fingerprint density at radius 1 is 1.08 bits per heavy atom. The average Bonchev–Trinajstić information content (AvgIpc) is 3.09. The van der Waals surface area contributed by atoms with Crippen molar-refractivity contribution in [1.82, 2.24) is 10.2 Å². The molecular weight excluding hydrogens is 331 g/mol. The number of benzene rings is 2. The maximum absolute atomic E-state index is 13.2. The van der Waals surface area contributed by atoms with Crippen molar-refractivity contribution in [2.75, 3.05) is 6.61 Å². The number of para-hydroxylation sites is 2. The number of hydrogen-bond donors (Lipinski definition) is 0. The van der Waals surface area contributed by atoms with E-state index in [2.05, 4.69) is 10.2 Å². The van der Waals surface area contributed by atoms with E-state index >= 15 is 0 Å². The van der Waals surface area contributed by atoms with E-state index in [9.17, 15) is 4.39 Å². The fourth-order valence-electron chi connectivity index (χ4n) is 2.32. The van der Waals surface area contributed by atoms with Gasteiger partial charge in [-0.15, -0.1) is 10.2 Å². The molecule has 3 aromatic rings. The fraction of sp³-hybridized carbons (Fsp3) is 0.176. The average molecular weight is 344 g/mol. The third-order valence-corrected chi connectivity index (χ3v) is 4.35. The van der Waals surface area contributed by atoms with E-state index in [0.717, 1.165) is 5.56 Å². The second-order valence-corrected chi connectivity index (χ2v) is 6.12. The Bertz CT molecular complexity index is 855. The van der Waals surface area contributed by atoms with Crippen molar-refractivity contribution in [3.05, 3.63) is 65.8 Å². The summed E-state index contributed by atoms with van der Waals surface area (Å²) in [6.45, 7) is 0.313. The Labute approximate surface area is 141 Å². The number of halogens is 1. The summed E-state index contributed by atoms with van der Waals surface area (Å²) in [5.41, 5.74) is 0.853. The smallest absolute Gasteiger partial charge is 0.277 e. The monoisotopic (exact) mass is 344 g/mol. The summed E-state index contributed by atoms with van der Waals surface area (Å²) in [6, 6.07) is 13.9. The molecular formula is C17H13FN2O3S. The molecule has 0 saturated carbocycles. The van der Waals surface area contributed by atoms with Crippen molar-refractivity contribution in [2.45, 2.75) is 17.1 Å². The Kier molecular flexibility index (Phi) is 4.08. The van der Waals surface area contributed by atoms with Gasteiger partial charge < -0.3 is 13.9 Å². The molecule has 1 aliphatic rings. The Balaban J connectivity index is 1.42. The first-order chi connectivity index (χ1) is 11.8. The fourth-order valence-corrected chi connectivity index (χ4v) is 3.03. The van der Waals surface area contributed by atoms with E-state index < -0.39 is 6.10 Å². The lowest BCUT2D eigenvalue weighted by Gasteiger charge is -2.23. The van der Waals surface area contributed by atoms with Gasteiger partial charge in [-0.05, 0) is 29.8 Å². The van der Waals surface area contributed by atoms with E-state index in [1.165, 1.54) is 23.9 Å². The first-order valence-corrected chi connectivity index (χ1v) is 8.35. The molecule has 0 fully saturated rings. The minimum absolute atomic E-state index is 0.259. The molecule has 1 aromatic heterocycles. The predicted octanol–water partition coefficient (Wildman–Crippen LogP) is 4.01. The minimum Gasteiger partial charge on any atom is -0.485 e. The van der Waals surface area contributed by atoms with Crippen LogP contribution in [0.1, 0.15) is 17.6 Å². The summed E-state index contributed by atoms with van der Waals surface area (Å²) in [4.78, 5) is 0. The van der Waals surface area contributed by atoms with E-state index in [-0.39, 0.29) is 5.82 Å². The van der Waals surface area contributed by atoms with Gasteiger partial charge in [0.2, 0.25) is 6.10 Å². The molecule has 122 valence electrons. The molecule has 0 radical (unpaired) electrons. The molecule has 5 nitrogen and oxygen atoms in total. The highest BCUT2D eigenvalue weighted by Gasteiger charge is 2.27. The summed E-state index contributed by atoms with van der Waals surface area (Å²) in [5, 5.41) is 8.44. The quantitative estimate of drug-likeness (QED) is 0.667. The zero-order valence-corrected chi connectivity index (χ0v) is 13.3. The van der Waals surface area contributed by atoms with Crippen molar-refractivity contribution in [2.24, 2.45) is 0 Å². The molecule has 0 saturated heterocycles. The van der Waals surface area contributed by atoms with Crippen LogP contribution in [0.2, 0.25) is 0 Å². The van der Waals surface area contributed by atoms with Crippen LogP contribution < -0.4 is 9.47 Å². The van der Waals surface area contributed by atoms with E-state index in [1.54, 1.807) is 6.07 Å². The van der Waals surface area contributed by atoms with Gasteiger partial charge in [-0.1, -0.05) is 36.0 Å². The molecule has 0 aliphatic carbocycles. The van der Waals surface area contributed by atoms with Gasteiger partial charge in [0.25, 0.3) is 11.1 Å². The lowest BCUT2D eigenvalue weighted by Crippen LogP contribution is -2.21. The van der Waals surface area contributed by atoms with Crippen LogP contribution in [0, 0.1) is 5.82 Å². The predicted molar refractivity (Wildman–Crippen MR) is 85.6 cm³/mol. The zero-order valence-electron chi connectivity index (χ0n) is 12.5. The van der Waals surface area contributed by atoms with Crippen molar-refractivity contribution >= 4 is 11.8 Å². The highest BCUT2D eigenvalue weighted by Crippen LogP contribution is 2.36. The zero-order chi connectivity index (χ0) is 16.4. The molecule has 2 aromatic carbocycles. The number of nitrogens with zero attached hydrogens (tertiary/aromatic N) is 2. The van der Waals surface area contributed by atoms with Crippen molar-refractivity contribution in [3.63, 3.8) is 0 Å². The molecule has 1 unspecified atom stereocenters. The van der Waals surface area contributed by atoms with Gasteiger partial charge >= 0.3 is 0 Å². The summed E-state index contributed by atoms with van der Waals surface area (Å²) >= 11 is 1.35. The van der Waals surface area contributed by atoms with Crippen LogP contribution in [-0.4, -0.2) is 16.8 Å². The highest BCUT2D eigenvalue weighted by molar-refractivity contribution is 7.98. The van der Waals surface area contributed by atoms with E-state index in [1.807, 2.05) is 30.3 Å². The van der Waals surface area contributed by atoms with Crippen LogP contribution in [0.15, 0.2) is 58.2 Å². The van der Waals surface area contributed by atoms with Crippen LogP contribution in [0.4, 0.5) is 4.39 Å². The molecule has 1 aliphatic heterocycles. The Hall–Kier alpha value is -2.54. The van der Waals surface area contributed by atoms with Gasteiger partial charge in [-0.2, -0.15) is 0 Å². The van der Waals surface area contributed by atoms with Crippen molar-refractivity contribution in [3.8, 4) is 11.5 Å². The van der Waals surface area contributed by atoms with E-state index in [4.69, 9.17) is 13.9 Å². The molecule has 0 spiro atoms. The number of hydrogen-bond acceptors (Lipinski definition) is 6. The Morgan fingerprint density at radius 2 is 1.96 bits per heavy atom. The highest BCUT2D eigenvalue weighted by atomic mass is 32.2. The number of fused-ring (bicyclic) bond motifs is 1. The van der Waals surface area contributed by atoms with Crippen molar-refractivity contribution < 1.29 is 18.3 Å². The summed E-state index contributed by atoms with van der Waals surface area (Å²) in [6.07, 6.45) is -0.434. The molecule has 0 amide bonds. The Morgan fingerprint density at radius 3 is 2.83 bits per heavy atom. The summed E-state index contributed by atoms with van der Waals surface area (Å²) < 4.78 is 30.3. The number of rotatable bonds is 4. The standard InChI is InChI=1S/C17H13FN2O3S/c18-12-5-3-4-11(8-12)10-24-17-20-19-16(23-17)15-9-21-13-6-1-2-7-14(13)22-15/h1-8,15H,9-10H2. The van der Waals surface area contributed by atoms with Crippen LogP contribution in [0.5, 0.6) is 11.5 Å². The third-order valence-electron chi connectivity index (χ3n) is 3.46. The number of aromatic nitrogens is 2. The minimum atomic E-state index is -0.434. The second-order valence-electron chi connectivity index (χ2n) is 5.19. The maximum atomic E-state index is 13.2. The molecule has 1 atom stereocenters. The van der Waals surface area contributed by atoms with Gasteiger partial charge in [0.1, 0.15) is 12.4 Å². The molecule has 0 bridgehead atoms. The van der Waals surface area contributed by atoms with Crippen LogP contribution in [-0.2, 0) is 5.75 Å². The summed E-state index contributed by atoms with van der Waals surface area (Å²) in [7, 11) is 0. The van der Waals surface area contributed by atoms with Crippen LogP contribution in [0.25, 0.3) is 0 Å². The van der Waals surface area contributed by atoms with Crippen LogP contribution in [0.3, 0.4) is 0 Å². The lowest BCUT2D eigenvalue weighted by molar-refractivity contribution is 0.0686. The van der Waals surface area contributed by atoms with Gasteiger partial charge in [-0.25, -0.2) is 4.39 Å². The van der Waals surface area contributed by atoms with Gasteiger partial charge in [0, 0.05) is 5.75 Å². The van der Waals surface area contributed by atoms with E-state index in [0.29, 0.717) is 35.0 Å². The third kappa shape index (κ3) is 3.21. The van der Waals surface area contributed by atoms with Crippen molar-refractivity contribution in [1.29, 1.82) is 0 Å². The first-order valence-electron chi connectivity index (χ1n) is 7.37. The summed E-state index contributed by atoms with van der Waals surface area (Å²) in [5.74, 6) is 2.01. The second kappa shape index (κ2) is 6.52. The topological polar surface area (TPSA) is 57.4 Å².